The molecule has 3 heteroatoms. The summed E-state index contributed by atoms with van der Waals surface area (Å²) in [4.78, 5) is 23.2. The van der Waals surface area contributed by atoms with E-state index in [1.807, 2.05) is 0 Å². The van der Waals surface area contributed by atoms with Gasteiger partial charge in [-0.2, -0.15) is 0 Å². The van der Waals surface area contributed by atoms with Gasteiger partial charge in [0.05, 0.1) is 5.92 Å². The molecule has 0 bridgehead atoms. The van der Waals surface area contributed by atoms with Crippen LogP contribution >= 0.6 is 0 Å². The number of carbonyl (C=O) groups excluding carboxylic acids is 2. The van der Waals surface area contributed by atoms with E-state index in [0.717, 1.165) is 6.42 Å². The number of benzene rings is 1. The first-order valence-electron chi connectivity index (χ1n) is 5.01. The Morgan fingerprint density at radius 1 is 1.27 bits per heavy atom. The van der Waals surface area contributed by atoms with Crippen LogP contribution in [0.2, 0.25) is 0 Å². The molecule has 1 unspecified atom stereocenters. The molecule has 1 atom stereocenters. The van der Waals surface area contributed by atoms with Gasteiger partial charge in [0, 0.05) is 12.0 Å². The van der Waals surface area contributed by atoms with Crippen LogP contribution in [0.5, 0.6) is 0 Å². The smallest absolute Gasteiger partial charge is 0.173 e. The molecule has 0 amide bonds. The van der Waals surface area contributed by atoms with Crippen LogP contribution in [0.1, 0.15) is 29.6 Å². The van der Waals surface area contributed by atoms with Gasteiger partial charge in [0.1, 0.15) is 11.6 Å². The standard InChI is InChI=1S/C12H11FO2/c13-9-6-4-8(5-7-9)12(15)10-2-1-3-11(10)14/h4-7,10H,1-3H2. The molecule has 2 rings (SSSR count). The molecule has 1 aliphatic rings. The van der Waals surface area contributed by atoms with Crippen molar-refractivity contribution in [2.24, 2.45) is 5.92 Å². The summed E-state index contributed by atoms with van der Waals surface area (Å²) in [5.74, 6) is -1.01. The molecule has 15 heavy (non-hydrogen) atoms. The van der Waals surface area contributed by atoms with Crippen molar-refractivity contribution in [1.82, 2.24) is 0 Å². The number of carbonyl (C=O) groups is 2. The van der Waals surface area contributed by atoms with Gasteiger partial charge in [-0.3, -0.25) is 9.59 Å². The first-order chi connectivity index (χ1) is 7.18. The topological polar surface area (TPSA) is 34.1 Å². The Bertz CT molecular complexity index is 395. The molecular weight excluding hydrogens is 195 g/mol. The minimum Gasteiger partial charge on any atom is -0.299 e. The van der Waals surface area contributed by atoms with Crippen LogP contribution in [0.15, 0.2) is 24.3 Å². The largest absolute Gasteiger partial charge is 0.299 e. The van der Waals surface area contributed by atoms with Crippen molar-refractivity contribution >= 4 is 11.6 Å². The molecule has 1 fully saturated rings. The zero-order chi connectivity index (χ0) is 10.8. The molecule has 1 saturated carbocycles. The highest BCUT2D eigenvalue weighted by molar-refractivity contribution is 6.11. The van der Waals surface area contributed by atoms with E-state index in [9.17, 15) is 14.0 Å². The highest BCUT2D eigenvalue weighted by Crippen LogP contribution is 2.25. The average molecular weight is 206 g/mol. The van der Waals surface area contributed by atoms with Crippen LogP contribution < -0.4 is 0 Å². The van der Waals surface area contributed by atoms with Crippen LogP contribution in [0, 0.1) is 11.7 Å². The number of ketones is 2. The van der Waals surface area contributed by atoms with Gasteiger partial charge >= 0.3 is 0 Å². The number of halogens is 1. The van der Waals surface area contributed by atoms with E-state index in [-0.39, 0.29) is 17.4 Å². The van der Waals surface area contributed by atoms with E-state index < -0.39 is 5.92 Å². The van der Waals surface area contributed by atoms with Gasteiger partial charge in [-0.05, 0) is 37.1 Å². The van der Waals surface area contributed by atoms with Gasteiger partial charge < -0.3 is 0 Å². The van der Waals surface area contributed by atoms with E-state index in [1.54, 1.807) is 0 Å². The number of hydrogen-bond donors (Lipinski definition) is 0. The third-order valence-corrected chi connectivity index (χ3v) is 2.75. The van der Waals surface area contributed by atoms with E-state index in [1.165, 1.54) is 24.3 Å². The zero-order valence-electron chi connectivity index (χ0n) is 8.20. The SMILES string of the molecule is O=C1CCCC1C(=O)c1ccc(F)cc1. The summed E-state index contributed by atoms with van der Waals surface area (Å²) in [6.07, 6.45) is 1.92. The maximum atomic E-state index is 12.6. The number of rotatable bonds is 2. The molecule has 1 aliphatic carbocycles. The van der Waals surface area contributed by atoms with Crippen molar-refractivity contribution in [3.63, 3.8) is 0 Å². The fraction of sp³-hybridized carbons (Fsp3) is 0.333. The monoisotopic (exact) mass is 206 g/mol. The summed E-state index contributed by atoms with van der Waals surface area (Å²) in [7, 11) is 0. The maximum absolute atomic E-state index is 12.6. The van der Waals surface area contributed by atoms with Crippen LogP contribution in [-0.4, -0.2) is 11.6 Å². The van der Waals surface area contributed by atoms with Crippen molar-refractivity contribution < 1.29 is 14.0 Å². The van der Waals surface area contributed by atoms with E-state index in [0.29, 0.717) is 18.4 Å². The third kappa shape index (κ3) is 1.96. The van der Waals surface area contributed by atoms with E-state index >= 15 is 0 Å². The summed E-state index contributed by atoms with van der Waals surface area (Å²) in [5.41, 5.74) is 0.427. The Balaban J connectivity index is 2.20. The Hall–Kier alpha value is -1.51. The number of hydrogen-bond acceptors (Lipinski definition) is 2. The van der Waals surface area contributed by atoms with Crippen molar-refractivity contribution in [1.29, 1.82) is 0 Å². The molecule has 0 N–H and O–H groups in total. The van der Waals surface area contributed by atoms with Gasteiger partial charge in [-0.15, -0.1) is 0 Å². The summed E-state index contributed by atoms with van der Waals surface area (Å²) in [5, 5.41) is 0. The lowest BCUT2D eigenvalue weighted by molar-refractivity contribution is -0.119. The van der Waals surface area contributed by atoms with E-state index in [4.69, 9.17) is 0 Å². The maximum Gasteiger partial charge on any atom is 0.173 e. The first-order valence-corrected chi connectivity index (χ1v) is 5.01. The summed E-state index contributed by atoms with van der Waals surface area (Å²) in [6, 6.07) is 5.35. The van der Waals surface area contributed by atoms with Crippen molar-refractivity contribution in [3.8, 4) is 0 Å². The molecule has 0 radical (unpaired) electrons. The third-order valence-electron chi connectivity index (χ3n) is 2.75. The quantitative estimate of drug-likeness (QED) is 0.550. The minimum atomic E-state index is -0.490. The van der Waals surface area contributed by atoms with Gasteiger partial charge in [0.2, 0.25) is 0 Å². The number of Topliss-reactive ketones (excluding diaryl/α,β-unsaturated/α-hetero) is 2. The molecule has 0 saturated heterocycles. The second kappa shape index (κ2) is 3.93. The summed E-state index contributed by atoms with van der Waals surface area (Å²) in [6.45, 7) is 0. The van der Waals surface area contributed by atoms with Gasteiger partial charge in [-0.25, -0.2) is 4.39 Å². The second-order valence-corrected chi connectivity index (χ2v) is 3.78. The fourth-order valence-electron chi connectivity index (χ4n) is 1.91. The molecule has 0 aromatic heterocycles. The Labute approximate surface area is 87.1 Å². The molecule has 1 aromatic rings. The Morgan fingerprint density at radius 2 is 1.93 bits per heavy atom. The molecule has 0 aliphatic heterocycles. The predicted molar refractivity (Wildman–Crippen MR) is 53.1 cm³/mol. The van der Waals surface area contributed by atoms with Gasteiger partial charge in [-0.1, -0.05) is 0 Å². The van der Waals surface area contributed by atoms with Crippen LogP contribution in [0.25, 0.3) is 0 Å². The lowest BCUT2D eigenvalue weighted by atomic mass is 9.96. The average Bonchev–Trinajstić information content (AvgIpc) is 2.65. The van der Waals surface area contributed by atoms with E-state index in [2.05, 4.69) is 0 Å². The zero-order valence-corrected chi connectivity index (χ0v) is 8.20. The Morgan fingerprint density at radius 3 is 2.47 bits per heavy atom. The lowest BCUT2D eigenvalue weighted by Gasteiger charge is -2.06. The summed E-state index contributed by atoms with van der Waals surface area (Å²) < 4.78 is 12.6. The normalized spacial score (nSPS) is 20.6. The molecule has 0 spiro atoms. The highest BCUT2D eigenvalue weighted by Gasteiger charge is 2.31. The van der Waals surface area contributed by atoms with Gasteiger partial charge in [0.15, 0.2) is 5.78 Å². The fourth-order valence-corrected chi connectivity index (χ4v) is 1.91. The molecule has 78 valence electrons. The van der Waals surface area contributed by atoms with Crippen LogP contribution in [-0.2, 0) is 4.79 Å². The van der Waals surface area contributed by atoms with Crippen LogP contribution in [0.4, 0.5) is 4.39 Å². The minimum absolute atomic E-state index is 0.0179. The molecule has 2 nitrogen and oxygen atoms in total. The first kappa shape index (κ1) is 10.0. The van der Waals surface area contributed by atoms with Crippen molar-refractivity contribution in [2.45, 2.75) is 19.3 Å². The van der Waals surface area contributed by atoms with Crippen LogP contribution in [0.3, 0.4) is 0 Å². The molecular formula is C12H11FO2. The summed E-state index contributed by atoms with van der Waals surface area (Å²) >= 11 is 0. The second-order valence-electron chi connectivity index (χ2n) is 3.78. The Kier molecular flexibility index (Phi) is 2.62. The molecule has 0 heterocycles. The highest BCUT2D eigenvalue weighted by atomic mass is 19.1. The van der Waals surface area contributed by atoms with Gasteiger partial charge in [0.25, 0.3) is 0 Å². The molecule has 1 aromatic carbocycles. The lowest BCUT2D eigenvalue weighted by Crippen LogP contribution is -2.18. The predicted octanol–water partition coefficient (Wildman–Crippen LogP) is 2.38. The van der Waals surface area contributed by atoms with Crippen molar-refractivity contribution in [3.05, 3.63) is 35.6 Å². The van der Waals surface area contributed by atoms with Crippen molar-refractivity contribution in [2.75, 3.05) is 0 Å².